The first-order chi connectivity index (χ1) is 13.0. The van der Waals surface area contributed by atoms with Gasteiger partial charge in [-0.15, -0.1) is 0 Å². The van der Waals surface area contributed by atoms with Crippen molar-refractivity contribution in [3.05, 3.63) is 47.0 Å². The van der Waals surface area contributed by atoms with Crippen molar-refractivity contribution < 1.29 is 24.9 Å². The Balaban J connectivity index is 1.95. The van der Waals surface area contributed by atoms with Gasteiger partial charge < -0.3 is 20.1 Å². The van der Waals surface area contributed by atoms with Gasteiger partial charge in [0, 0.05) is 23.1 Å². The Hall–Kier alpha value is -2.69. The molecule has 2 aromatic carbocycles. The molecule has 0 saturated carbocycles. The topological polar surface area (TPSA) is 87.0 Å². The Morgan fingerprint density at radius 3 is 2.41 bits per heavy atom. The van der Waals surface area contributed by atoms with Gasteiger partial charge in [0.05, 0.1) is 6.42 Å². The Bertz CT molecular complexity index is 810. The van der Waals surface area contributed by atoms with Crippen molar-refractivity contribution >= 4 is 5.97 Å². The van der Waals surface area contributed by atoms with Gasteiger partial charge >= 0.3 is 5.97 Å². The predicted molar refractivity (Wildman–Crippen MR) is 102 cm³/mol. The Kier molecular flexibility index (Phi) is 5.89. The highest BCUT2D eigenvalue weighted by molar-refractivity contribution is 5.80. The fraction of sp³-hybridized carbons (Fsp3) is 0.409. The van der Waals surface area contributed by atoms with Crippen LogP contribution in [0.25, 0.3) is 0 Å². The molecule has 0 aliphatic carbocycles. The molecule has 5 heteroatoms. The van der Waals surface area contributed by atoms with E-state index in [1.165, 1.54) is 12.5 Å². The summed E-state index contributed by atoms with van der Waals surface area (Å²) < 4.78 is 5.47. The van der Waals surface area contributed by atoms with Crippen LogP contribution in [-0.4, -0.2) is 21.3 Å². The first-order valence-electron chi connectivity index (χ1n) is 9.58. The van der Waals surface area contributed by atoms with Crippen LogP contribution in [0.5, 0.6) is 23.0 Å². The van der Waals surface area contributed by atoms with E-state index in [-0.39, 0.29) is 35.3 Å². The summed E-state index contributed by atoms with van der Waals surface area (Å²) in [7, 11) is 0. The van der Waals surface area contributed by atoms with Crippen LogP contribution >= 0.6 is 0 Å². The number of aromatic hydroxyl groups is 3. The van der Waals surface area contributed by atoms with E-state index in [0.717, 1.165) is 31.2 Å². The number of hydrogen-bond donors (Lipinski definition) is 3. The largest absolute Gasteiger partial charge is 0.508 e. The fourth-order valence-corrected chi connectivity index (χ4v) is 3.71. The van der Waals surface area contributed by atoms with Gasteiger partial charge in [0.1, 0.15) is 23.0 Å². The molecule has 27 heavy (non-hydrogen) atoms. The zero-order valence-corrected chi connectivity index (χ0v) is 15.6. The minimum atomic E-state index is -0.391. The summed E-state index contributed by atoms with van der Waals surface area (Å²) >= 11 is 0. The predicted octanol–water partition coefficient (Wildman–Crippen LogP) is 4.76. The second-order valence-electron chi connectivity index (χ2n) is 7.12. The quantitative estimate of drug-likeness (QED) is 0.372. The molecule has 3 N–H and O–H groups in total. The van der Waals surface area contributed by atoms with E-state index >= 15 is 0 Å². The van der Waals surface area contributed by atoms with Gasteiger partial charge in [-0.1, -0.05) is 44.7 Å². The number of rotatable bonds is 7. The lowest BCUT2D eigenvalue weighted by Gasteiger charge is -2.28. The Labute approximate surface area is 159 Å². The monoisotopic (exact) mass is 370 g/mol. The third-order valence-electron chi connectivity index (χ3n) is 5.14. The maximum absolute atomic E-state index is 12.2. The first kappa shape index (κ1) is 19.1. The fourth-order valence-electron chi connectivity index (χ4n) is 3.71. The summed E-state index contributed by atoms with van der Waals surface area (Å²) in [6, 6.07) is 7.92. The lowest BCUT2D eigenvalue weighted by atomic mass is 9.83. The minimum Gasteiger partial charge on any atom is -0.508 e. The Morgan fingerprint density at radius 1 is 1.00 bits per heavy atom. The van der Waals surface area contributed by atoms with E-state index in [2.05, 4.69) is 6.92 Å². The molecule has 5 nitrogen and oxygen atoms in total. The highest BCUT2D eigenvalue weighted by Gasteiger charge is 2.34. The molecule has 1 heterocycles. The number of ether oxygens (including phenoxy) is 1. The number of fused-ring (bicyclic) bond motifs is 1. The highest BCUT2D eigenvalue weighted by atomic mass is 16.5. The molecule has 0 saturated heterocycles. The number of carbonyl (C=O) groups excluding carboxylic acids is 1. The van der Waals surface area contributed by atoms with Gasteiger partial charge in [0.25, 0.3) is 0 Å². The smallest absolute Gasteiger partial charge is 0.312 e. The van der Waals surface area contributed by atoms with E-state index < -0.39 is 5.97 Å². The average Bonchev–Trinajstić information content (AvgIpc) is 2.63. The van der Waals surface area contributed by atoms with E-state index in [4.69, 9.17) is 4.74 Å². The lowest BCUT2D eigenvalue weighted by molar-refractivity contribution is -0.135. The molecule has 0 aromatic heterocycles. The number of phenolic OH excluding ortho intramolecular Hbond substituents is 3. The number of unbranched alkanes of at least 4 members (excludes halogenated alkanes) is 4. The summed E-state index contributed by atoms with van der Waals surface area (Å²) in [5.74, 6) is -0.458. The number of benzene rings is 2. The number of esters is 1. The summed E-state index contributed by atoms with van der Waals surface area (Å²) in [6.45, 7) is 2.16. The van der Waals surface area contributed by atoms with E-state index in [1.807, 2.05) is 0 Å². The molecular formula is C22H26O5. The first-order valence-corrected chi connectivity index (χ1v) is 9.58. The maximum Gasteiger partial charge on any atom is 0.312 e. The van der Waals surface area contributed by atoms with Crippen LogP contribution in [-0.2, 0) is 11.2 Å². The maximum atomic E-state index is 12.2. The van der Waals surface area contributed by atoms with E-state index in [1.54, 1.807) is 24.3 Å². The van der Waals surface area contributed by atoms with E-state index in [0.29, 0.717) is 17.5 Å². The number of carbonyl (C=O) groups is 1. The molecule has 0 amide bonds. The average molecular weight is 370 g/mol. The van der Waals surface area contributed by atoms with E-state index in [9.17, 15) is 20.1 Å². The zero-order valence-electron chi connectivity index (χ0n) is 15.6. The molecule has 2 aromatic rings. The van der Waals surface area contributed by atoms with Crippen molar-refractivity contribution in [2.45, 2.75) is 57.8 Å². The molecule has 1 aliphatic heterocycles. The standard InChI is InChI=1S/C22H26O5/c1-2-3-4-5-6-7-16-18(24)13-19(25)21-17(12-20(26)27-22(16)21)14-8-10-15(23)11-9-14/h8-11,13,17,23-25H,2-7,12H2,1H3. The lowest BCUT2D eigenvalue weighted by Crippen LogP contribution is -2.22. The van der Waals surface area contributed by atoms with Gasteiger partial charge in [-0.3, -0.25) is 4.79 Å². The number of phenols is 3. The van der Waals surface area contributed by atoms with Crippen molar-refractivity contribution in [2.24, 2.45) is 0 Å². The number of hydrogen-bond acceptors (Lipinski definition) is 5. The molecule has 3 rings (SSSR count). The second kappa shape index (κ2) is 8.33. The molecule has 144 valence electrons. The van der Waals surface area contributed by atoms with Crippen molar-refractivity contribution in [2.75, 3.05) is 0 Å². The van der Waals surface area contributed by atoms with Gasteiger partial charge in [-0.25, -0.2) is 0 Å². The second-order valence-corrected chi connectivity index (χ2v) is 7.12. The van der Waals surface area contributed by atoms with Gasteiger partial charge in [0.2, 0.25) is 0 Å². The summed E-state index contributed by atoms with van der Waals surface area (Å²) in [5, 5.41) is 30.3. The van der Waals surface area contributed by atoms with Gasteiger partial charge in [-0.2, -0.15) is 0 Å². The van der Waals surface area contributed by atoms with Crippen LogP contribution in [0, 0.1) is 0 Å². The molecule has 0 fully saturated rings. The zero-order chi connectivity index (χ0) is 19.4. The van der Waals surface area contributed by atoms with Gasteiger partial charge in [0.15, 0.2) is 0 Å². The Morgan fingerprint density at radius 2 is 1.70 bits per heavy atom. The van der Waals surface area contributed by atoms with Crippen molar-refractivity contribution in [1.82, 2.24) is 0 Å². The van der Waals surface area contributed by atoms with Crippen LogP contribution < -0.4 is 4.74 Å². The highest BCUT2D eigenvalue weighted by Crippen LogP contribution is 2.49. The van der Waals surface area contributed by atoms with Crippen molar-refractivity contribution in [3.8, 4) is 23.0 Å². The van der Waals surface area contributed by atoms with Crippen LogP contribution in [0.4, 0.5) is 0 Å². The molecule has 1 unspecified atom stereocenters. The van der Waals surface area contributed by atoms with Crippen LogP contribution in [0.1, 0.15) is 68.1 Å². The van der Waals surface area contributed by atoms with Crippen LogP contribution in [0.3, 0.4) is 0 Å². The summed E-state index contributed by atoms with van der Waals surface area (Å²) in [4.78, 5) is 12.2. The van der Waals surface area contributed by atoms with Crippen molar-refractivity contribution in [1.29, 1.82) is 0 Å². The third-order valence-corrected chi connectivity index (χ3v) is 5.14. The third kappa shape index (κ3) is 4.18. The molecule has 0 bridgehead atoms. The van der Waals surface area contributed by atoms with Gasteiger partial charge in [-0.05, 0) is 30.5 Å². The SMILES string of the molecule is CCCCCCCc1c(O)cc(O)c2c1OC(=O)CC2c1ccc(O)cc1. The molecule has 1 aliphatic rings. The molecular weight excluding hydrogens is 344 g/mol. The normalized spacial score (nSPS) is 16.0. The minimum absolute atomic E-state index is 0.0408. The molecule has 1 atom stereocenters. The molecule has 0 spiro atoms. The summed E-state index contributed by atoms with van der Waals surface area (Å²) in [5.41, 5.74) is 1.92. The van der Waals surface area contributed by atoms with Crippen LogP contribution in [0.15, 0.2) is 30.3 Å². The summed E-state index contributed by atoms with van der Waals surface area (Å²) in [6.07, 6.45) is 6.08. The molecule has 0 radical (unpaired) electrons. The van der Waals surface area contributed by atoms with Crippen LogP contribution in [0.2, 0.25) is 0 Å². The van der Waals surface area contributed by atoms with Crippen molar-refractivity contribution in [3.63, 3.8) is 0 Å².